The van der Waals surface area contributed by atoms with Crippen LogP contribution in [0.15, 0.2) is 53.6 Å². The fourth-order valence-corrected chi connectivity index (χ4v) is 3.57. The predicted molar refractivity (Wildman–Crippen MR) is 112 cm³/mol. The van der Waals surface area contributed by atoms with Gasteiger partial charge in [0.05, 0.1) is 12.5 Å². The Morgan fingerprint density at radius 1 is 1.07 bits per heavy atom. The summed E-state index contributed by atoms with van der Waals surface area (Å²) < 4.78 is 27.0. The van der Waals surface area contributed by atoms with Gasteiger partial charge in [-0.15, -0.1) is 10.2 Å². The van der Waals surface area contributed by atoms with Gasteiger partial charge in [-0.1, -0.05) is 42.5 Å². The van der Waals surface area contributed by atoms with Crippen LogP contribution in [0.1, 0.15) is 28.6 Å². The number of nitrogens with zero attached hydrogens (tertiary/aromatic N) is 3. The van der Waals surface area contributed by atoms with E-state index in [2.05, 4.69) is 51.9 Å². The second kappa shape index (κ2) is 8.94. The van der Waals surface area contributed by atoms with Gasteiger partial charge in [-0.05, 0) is 47.4 Å². The van der Waals surface area contributed by atoms with E-state index in [0.717, 1.165) is 29.7 Å². The highest BCUT2D eigenvalue weighted by molar-refractivity contribution is 7.86. The first-order valence-electron chi connectivity index (χ1n) is 8.60. The van der Waals surface area contributed by atoms with Crippen molar-refractivity contribution in [3.05, 3.63) is 70.2 Å². The summed E-state index contributed by atoms with van der Waals surface area (Å²) >= 11 is 1.45. The van der Waals surface area contributed by atoms with E-state index < -0.39 is 10.1 Å². The molecule has 0 saturated heterocycles. The maximum Gasteiger partial charge on any atom is 0.306 e. The highest BCUT2D eigenvalue weighted by atomic mass is 32.2. The zero-order valence-corrected chi connectivity index (χ0v) is 17.1. The number of hydrogen-bond acceptors (Lipinski definition) is 8. The Kier molecular flexibility index (Phi) is 6.37. The zero-order valence-electron chi connectivity index (χ0n) is 15.5. The molecule has 0 saturated carbocycles. The van der Waals surface area contributed by atoms with Crippen LogP contribution >= 0.6 is 11.3 Å². The molecule has 0 bridgehead atoms. The Morgan fingerprint density at radius 2 is 1.75 bits per heavy atom. The lowest BCUT2D eigenvalue weighted by Crippen LogP contribution is -2.05. The van der Waals surface area contributed by atoms with Gasteiger partial charge in [0.1, 0.15) is 10.8 Å². The third-order valence-corrected chi connectivity index (χ3v) is 5.08. The van der Waals surface area contributed by atoms with Crippen molar-refractivity contribution in [2.45, 2.75) is 19.8 Å². The van der Waals surface area contributed by atoms with E-state index >= 15 is 0 Å². The van der Waals surface area contributed by atoms with Crippen LogP contribution in [0, 0.1) is 0 Å². The maximum atomic E-state index is 11.1. The number of hydrogen-bond donors (Lipinski definition) is 1. The molecule has 0 atom stereocenters. The van der Waals surface area contributed by atoms with E-state index in [1.165, 1.54) is 22.5 Å². The maximum absolute atomic E-state index is 11.1. The van der Waals surface area contributed by atoms with Crippen molar-refractivity contribution >= 4 is 32.8 Å². The van der Waals surface area contributed by atoms with Crippen LogP contribution in [0.5, 0.6) is 5.75 Å². The minimum absolute atomic E-state index is 0.258. The first kappa shape index (κ1) is 20.0. The Morgan fingerprint density at radius 3 is 2.39 bits per heavy atom. The summed E-state index contributed by atoms with van der Waals surface area (Å²) in [6.45, 7) is 2.13. The summed E-state index contributed by atoms with van der Waals surface area (Å²) in [6, 6.07) is 15.0. The second-order valence-corrected chi connectivity index (χ2v) is 8.71. The standard InChI is InChI=1S/C19H20N4O3S2/c1-3-14-4-6-15(7-5-14)12-18-21-23-19(27-18)22-20-13-16-8-10-17(11-9-16)26-28(2,24)25/h4-11,13H,3,12H2,1-2H3,(H,22,23)/b20-13+. The molecule has 3 rings (SSSR count). The highest BCUT2D eigenvalue weighted by Crippen LogP contribution is 2.19. The normalized spacial score (nSPS) is 11.6. The van der Waals surface area contributed by atoms with Crippen molar-refractivity contribution < 1.29 is 12.6 Å². The molecule has 0 aliphatic carbocycles. The van der Waals surface area contributed by atoms with E-state index in [9.17, 15) is 8.42 Å². The van der Waals surface area contributed by atoms with Gasteiger partial charge in [-0.2, -0.15) is 13.5 Å². The molecular weight excluding hydrogens is 396 g/mol. The molecule has 1 heterocycles. The lowest BCUT2D eigenvalue weighted by Gasteiger charge is -2.02. The number of benzene rings is 2. The zero-order chi connectivity index (χ0) is 20.0. The van der Waals surface area contributed by atoms with E-state index in [1.807, 2.05) is 0 Å². The third-order valence-electron chi connectivity index (χ3n) is 3.75. The highest BCUT2D eigenvalue weighted by Gasteiger charge is 2.05. The van der Waals surface area contributed by atoms with Crippen LogP contribution < -0.4 is 9.61 Å². The molecule has 7 nitrogen and oxygen atoms in total. The fraction of sp³-hybridized carbons (Fsp3) is 0.211. The number of rotatable bonds is 8. The molecule has 0 spiro atoms. The Balaban J connectivity index is 1.54. The average Bonchev–Trinajstić information content (AvgIpc) is 3.10. The van der Waals surface area contributed by atoms with Crippen LogP contribution in [-0.4, -0.2) is 31.1 Å². The van der Waals surface area contributed by atoms with Gasteiger partial charge in [-0.3, -0.25) is 5.43 Å². The molecule has 0 radical (unpaired) electrons. The Bertz CT molecular complexity index is 1040. The van der Waals surface area contributed by atoms with Gasteiger partial charge in [0.2, 0.25) is 5.13 Å². The van der Waals surface area contributed by atoms with Crippen LogP contribution in [0.2, 0.25) is 0 Å². The Labute approximate surface area is 168 Å². The number of aryl methyl sites for hydroxylation is 1. The molecule has 28 heavy (non-hydrogen) atoms. The van der Waals surface area contributed by atoms with Crippen molar-refractivity contribution in [1.29, 1.82) is 0 Å². The summed E-state index contributed by atoms with van der Waals surface area (Å²) in [5.74, 6) is 0.258. The molecule has 3 aromatic rings. The third kappa shape index (κ3) is 6.14. The quantitative estimate of drug-likeness (QED) is 0.343. The number of aromatic nitrogens is 2. The molecule has 2 aromatic carbocycles. The van der Waals surface area contributed by atoms with Gasteiger partial charge >= 0.3 is 10.1 Å². The van der Waals surface area contributed by atoms with Crippen molar-refractivity contribution in [3.63, 3.8) is 0 Å². The predicted octanol–water partition coefficient (Wildman–Crippen LogP) is 3.48. The van der Waals surface area contributed by atoms with Crippen molar-refractivity contribution in [2.75, 3.05) is 11.7 Å². The summed E-state index contributed by atoms with van der Waals surface area (Å²) in [6.07, 6.45) is 4.37. The van der Waals surface area contributed by atoms with Crippen molar-refractivity contribution in [2.24, 2.45) is 5.10 Å². The average molecular weight is 417 g/mol. The van der Waals surface area contributed by atoms with E-state index in [-0.39, 0.29) is 5.75 Å². The smallest absolute Gasteiger partial charge is 0.306 e. The Hall–Kier alpha value is -2.78. The SMILES string of the molecule is CCc1ccc(Cc2nnc(N/N=C/c3ccc(OS(C)(=O)=O)cc3)s2)cc1. The van der Waals surface area contributed by atoms with Crippen molar-refractivity contribution in [1.82, 2.24) is 10.2 Å². The second-order valence-electron chi connectivity index (χ2n) is 6.07. The van der Waals surface area contributed by atoms with E-state index in [4.69, 9.17) is 4.18 Å². The number of anilines is 1. The molecule has 0 unspecified atom stereocenters. The summed E-state index contributed by atoms with van der Waals surface area (Å²) in [7, 11) is -3.53. The summed E-state index contributed by atoms with van der Waals surface area (Å²) in [5.41, 5.74) is 6.15. The van der Waals surface area contributed by atoms with Gasteiger partial charge in [0.15, 0.2) is 0 Å². The minimum Gasteiger partial charge on any atom is -0.383 e. The minimum atomic E-state index is -3.53. The monoisotopic (exact) mass is 416 g/mol. The summed E-state index contributed by atoms with van der Waals surface area (Å²) in [4.78, 5) is 0. The molecule has 0 amide bonds. The molecular formula is C19H20N4O3S2. The summed E-state index contributed by atoms with van der Waals surface area (Å²) in [5, 5.41) is 13.9. The van der Waals surface area contributed by atoms with Gasteiger partial charge in [-0.25, -0.2) is 0 Å². The molecule has 0 fully saturated rings. The lowest BCUT2D eigenvalue weighted by molar-refractivity contribution is 0.493. The molecule has 0 aliphatic rings. The largest absolute Gasteiger partial charge is 0.383 e. The van der Waals surface area contributed by atoms with Crippen molar-refractivity contribution in [3.8, 4) is 5.75 Å². The molecule has 1 aromatic heterocycles. The molecule has 1 N–H and O–H groups in total. The van der Waals surface area contributed by atoms with Crippen LogP contribution in [0.25, 0.3) is 0 Å². The lowest BCUT2D eigenvalue weighted by atomic mass is 10.1. The van der Waals surface area contributed by atoms with E-state index in [0.29, 0.717) is 5.13 Å². The van der Waals surface area contributed by atoms with Crippen LogP contribution in [-0.2, 0) is 23.0 Å². The van der Waals surface area contributed by atoms with Crippen LogP contribution in [0.3, 0.4) is 0 Å². The molecule has 0 aliphatic heterocycles. The van der Waals surface area contributed by atoms with Crippen LogP contribution in [0.4, 0.5) is 5.13 Å². The van der Waals surface area contributed by atoms with Gasteiger partial charge < -0.3 is 4.18 Å². The number of nitrogens with one attached hydrogen (secondary N) is 1. The molecule has 9 heteroatoms. The topological polar surface area (TPSA) is 93.5 Å². The first-order valence-corrected chi connectivity index (χ1v) is 11.2. The number of hydrazone groups is 1. The fourth-order valence-electron chi connectivity index (χ4n) is 2.38. The van der Waals surface area contributed by atoms with Gasteiger partial charge in [0.25, 0.3) is 0 Å². The van der Waals surface area contributed by atoms with Gasteiger partial charge in [0, 0.05) is 6.42 Å². The first-order chi connectivity index (χ1) is 13.4. The molecule has 146 valence electrons. The van der Waals surface area contributed by atoms with E-state index in [1.54, 1.807) is 30.5 Å².